The quantitative estimate of drug-likeness (QED) is 0.281. The van der Waals surface area contributed by atoms with Gasteiger partial charge >= 0.3 is 0 Å². The summed E-state index contributed by atoms with van der Waals surface area (Å²) in [5.41, 5.74) is 12.1. The monoisotopic (exact) mass is 481 g/mol. The number of nitrogens with one attached hydrogen (secondary N) is 1. The maximum Gasteiger partial charge on any atom is 0.197 e. The highest BCUT2D eigenvalue weighted by molar-refractivity contribution is 7.16. The first-order valence-electron chi connectivity index (χ1n) is 11.4. The highest BCUT2D eigenvalue weighted by Gasteiger charge is 2.28. The second kappa shape index (κ2) is 9.08. The average molecular weight is 482 g/mol. The minimum atomic E-state index is 0.571. The van der Waals surface area contributed by atoms with Gasteiger partial charge in [0.05, 0.1) is 15.7 Å². The Balaban J connectivity index is 1.50. The van der Waals surface area contributed by atoms with Crippen molar-refractivity contribution in [2.75, 3.05) is 0 Å². The van der Waals surface area contributed by atoms with E-state index in [1.165, 1.54) is 57.4 Å². The summed E-state index contributed by atoms with van der Waals surface area (Å²) < 4.78 is 1.22. The lowest BCUT2D eigenvalue weighted by molar-refractivity contribution is 0.401. The molecule has 0 spiro atoms. The molecule has 0 aliphatic heterocycles. The lowest BCUT2D eigenvalue weighted by Gasteiger charge is -2.31. The first-order valence-corrected chi connectivity index (χ1v) is 13.2. The van der Waals surface area contributed by atoms with Crippen LogP contribution in [0.3, 0.4) is 0 Å². The van der Waals surface area contributed by atoms with Gasteiger partial charge in [-0.2, -0.15) is 16.6 Å². The van der Waals surface area contributed by atoms with Gasteiger partial charge in [-0.15, -0.1) is 21.5 Å². The molecule has 0 radical (unpaired) electrons. The van der Waals surface area contributed by atoms with Gasteiger partial charge in [0.25, 0.3) is 0 Å². The molecule has 5 nitrogen and oxygen atoms in total. The van der Waals surface area contributed by atoms with Crippen molar-refractivity contribution in [3.63, 3.8) is 0 Å². The van der Waals surface area contributed by atoms with Crippen molar-refractivity contribution in [2.45, 2.75) is 26.2 Å². The lowest BCUT2D eigenvalue weighted by Crippen LogP contribution is -2.15. The summed E-state index contributed by atoms with van der Waals surface area (Å²) in [6.45, 7) is 2.23. The van der Waals surface area contributed by atoms with E-state index in [1.54, 1.807) is 22.7 Å². The fourth-order valence-corrected chi connectivity index (χ4v) is 6.06. The zero-order chi connectivity index (χ0) is 22.9. The van der Waals surface area contributed by atoms with Crippen LogP contribution in [0.5, 0.6) is 0 Å². The Morgan fingerprint density at radius 2 is 1.88 bits per heavy atom. The molecule has 0 saturated heterocycles. The number of tetrazole rings is 1. The maximum absolute atomic E-state index is 4.61. The van der Waals surface area contributed by atoms with Crippen LogP contribution in [-0.2, 0) is 0 Å². The molecule has 1 aliphatic carbocycles. The molecule has 0 bridgehead atoms. The number of fused-ring (bicyclic) bond motifs is 1. The highest BCUT2D eigenvalue weighted by atomic mass is 32.1. The number of hydrogen-bond donors (Lipinski definition) is 1. The molecule has 3 heterocycles. The zero-order valence-corrected chi connectivity index (χ0v) is 20.4. The number of thiophene rings is 1. The number of benzene rings is 2. The molecule has 7 heteroatoms. The van der Waals surface area contributed by atoms with E-state index in [-0.39, 0.29) is 0 Å². The van der Waals surface area contributed by atoms with Crippen LogP contribution in [0, 0.1) is 12.8 Å². The molecule has 6 rings (SSSR count). The molecule has 168 valence electrons. The number of aromatic amines is 1. The number of thiazole rings is 1. The third-order valence-electron chi connectivity index (χ3n) is 6.53. The summed E-state index contributed by atoms with van der Waals surface area (Å²) >= 11 is 3.48. The normalized spacial score (nSPS) is 15.1. The van der Waals surface area contributed by atoms with E-state index in [0.29, 0.717) is 11.7 Å². The smallest absolute Gasteiger partial charge is 0.197 e. The Bertz CT molecular complexity index is 1490. The van der Waals surface area contributed by atoms with Gasteiger partial charge < -0.3 is 0 Å². The topological polar surface area (TPSA) is 67.3 Å². The van der Waals surface area contributed by atoms with Crippen molar-refractivity contribution < 1.29 is 0 Å². The molecule has 3 aromatic heterocycles. The van der Waals surface area contributed by atoms with Crippen molar-refractivity contribution in [3.8, 4) is 0 Å². The van der Waals surface area contributed by atoms with Crippen molar-refractivity contribution in [3.05, 3.63) is 92.4 Å². The van der Waals surface area contributed by atoms with Crippen molar-refractivity contribution >= 4 is 56.2 Å². The molecule has 1 fully saturated rings. The number of aryl methyl sites for hydroxylation is 1. The Kier molecular flexibility index (Phi) is 5.65. The third-order valence-corrected chi connectivity index (χ3v) is 8.20. The van der Waals surface area contributed by atoms with Gasteiger partial charge in [0, 0.05) is 0 Å². The van der Waals surface area contributed by atoms with E-state index in [2.05, 4.69) is 85.8 Å². The van der Waals surface area contributed by atoms with Crippen LogP contribution in [0.4, 0.5) is 0 Å². The van der Waals surface area contributed by atoms with Gasteiger partial charge in [0.1, 0.15) is 0 Å². The SMILES string of the molecule is Cc1cscc1C(=C(c1ccc(C=Cc2nn[nH]n2)cc1)c1ccc2scnc2c1)C1CCC1. The molecule has 2 aromatic carbocycles. The van der Waals surface area contributed by atoms with Gasteiger partial charge in [-0.25, -0.2) is 4.98 Å². The molecule has 0 amide bonds. The van der Waals surface area contributed by atoms with Crippen LogP contribution in [0.25, 0.3) is 33.5 Å². The van der Waals surface area contributed by atoms with Crippen LogP contribution in [0.1, 0.15) is 52.9 Å². The van der Waals surface area contributed by atoms with Crippen LogP contribution < -0.4 is 0 Å². The van der Waals surface area contributed by atoms with Gasteiger partial charge in [-0.05, 0) is 98.8 Å². The number of allylic oxidation sites excluding steroid dienone is 1. The summed E-state index contributed by atoms with van der Waals surface area (Å²) in [4.78, 5) is 4.61. The van der Waals surface area contributed by atoms with Gasteiger partial charge in [0.2, 0.25) is 0 Å². The molecular formula is C27H23N5S2. The number of rotatable bonds is 6. The van der Waals surface area contributed by atoms with Crippen molar-refractivity contribution in [1.29, 1.82) is 0 Å². The number of hydrogen-bond acceptors (Lipinski definition) is 6. The number of aromatic nitrogens is 5. The second-order valence-electron chi connectivity index (χ2n) is 8.65. The van der Waals surface area contributed by atoms with Crippen LogP contribution >= 0.6 is 22.7 Å². The first-order chi connectivity index (χ1) is 16.8. The summed E-state index contributed by atoms with van der Waals surface area (Å²) in [6.07, 6.45) is 7.67. The van der Waals surface area contributed by atoms with E-state index in [1.807, 2.05) is 17.7 Å². The molecule has 1 aliphatic rings. The second-order valence-corrected chi connectivity index (χ2v) is 10.3. The Morgan fingerprint density at radius 3 is 2.59 bits per heavy atom. The standard InChI is InChI=1S/C27H23N5S2/c1-17-14-33-15-22(17)27(19-3-2-4-19)26(21-10-11-24-23(13-21)28-16-34-24)20-8-5-18(6-9-20)7-12-25-29-31-32-30-25/h5-16,19H,2-4H2,1H3,(H,29,30,31,32). The average Bonchev–Trinajstić information content (AvgIpc) is 3.59. The van der Waals surface area contributed by atoms with Crippen LogP contribution in [0.2, 0.25) is 0 Å². The highest BCUT2D eigenvalue weighted by Crippen LogP contribution is 2.46. The molecule has 0 atom stereocenters. The van der Waals surface area contributed by atoms with E-state index in [4.69, 9.17) is 0 Å². The van der Waals surface area contributed by atoms with E-state index < -0.39 is 0 Å². The molecule has 5 aromatic rings. The fraction of sp³-hybridized carbons (Fsp3) is 0.185. The molecule has 0 unspecified atom stereocenters. The summed E-state index contributed by atoms with van der Waals surface area (Å²) in [5, 5.41) is 18.7. The number of H-pyrrole nitrogens is 1. The largest absolute Gasteiger partial charge is 0.245 e. The van der Waals surface area contributed by atoms with E-state index in [9.17, 15) is 0 Å². The van der Waals surface area contributed by atoms with Crippen LogP contribution in [0.15, 0.2) is 58.7 Å². The lowest BCUT2D eigenvalue weighted by atomic mass is 9.73. The molecule has 1 N–H and O–H groups in total. The van der Waals surface area contributed by atoms with Crippen LogP contribution in [-0.4, -0.2) is 25.6 Å². The maximum atomic E-state index is 4.61. The van der Waals surface area contributed by atoms with E-state index >= 15 is 0 Å². The summed E-state index contributed by atoms with van der Waals surface area (Å²) in [5.74, 6) is 1.16. The Hall–Kier alpha value is -3.42. The zero-order valence-electron chi connectivity index (χ0n) is 18.7. The molecule has 34 heavy (non-hydrogen) atoms. The Morgan fingerprint density at radius 1 is 1.03 bits per heavy atom. The van der Waals surface area contributed by atoms with Crippen molar-refractivity contribution in [2.24, 2.45) is 5.92 Å². The first kappa shape index (κ1) is 21.1. The Labute approximate surface area is 205 Å². The third kappa shape index (κ3) is 4.02. The fourth-order valence-electron chi connectivity index (χ4n) is 4.55. The minimum Gasteiger partial charge on any atom is -0.245 e. The van der Waals surface area contributed by atoms with Crippen molar-refractivity contribution in [1.82, 2.24) is 25.6 Å². The van der Waals surface area contributed by atoms with Gasteiger partial charge in [-0.3, -0.25) is 0 Å². The summed E-state index contributed by atoms with van der Waals surface area (Å²) in [7, 11) is 0. The minimum absolute atomic E-state index is 0.571. The van der Waals surface area contributed by atoms with Gasteiger partial charge in [-0.1, -0.05) is 42.8 Å². The molecule has 1 saturated carbocycles. The van der Waals surface area contributed by atoms with Gasteiger partial charge in [0.15, 0.2) is 5.82 Å². The summed E-state index contributed by atoms with van der Waals surface area (Å²) in [6, 6.07) is 15.5. The predicted molar refractivity (Wildman–Crippen MR) is 141 cm³/mol. The predicted octanol–water partition coefficient (Wildman–Crippen LogP) is 7.11. The molecular weight excluding hydrogens is 458 g/mol. The van der Waals surface area contributed by atoms with E-state index in [0.717, 1.165) is 11.1 Å². The number of nitrogens with zero attached hydrogens (tertiary/aromatic N) is 4.